The third-order valence-electron chi connectivity index (χ3n) is 3.42. The number of sulfone groups is 1. The number of nitrogens with one attached hydrogen (secondary N) is 2. The summed E-state index contributed by atoms with van der Waals surface area (Å²) in [5.74, 6) is -1.48. The molecule has 6 nitrogen and oxygen atoms in total. The van der Waals surface area contributed by atoms with E-state index in [1.807, 2.05) is 0 Å². The number of benzene rings is 2. The number of hydrogen-bond donors (Lipinski definition) is 2. The third-order valence-corrected chi connectivity index (χ3v) is 5.97. The van der Waals surface area contributed by atoms with Crippen molar-refractivity contribution in [3.63, 3.8) is 0 Å². The van der Waals surface area contributed by atoms with Crippen molar-refractivity contribution in [1.29, 1.82) is 0 Å². The highest BCUT2D eigenvalue weighted by Crippen LogP contribution is 2.25. The zero-order valence-electron chi connectivity index (χ0n) is 13.8. The molecular formula is C17H15Cl3N2O4S. The van der Waals surface area contributed by atoms with Crippen molar-refractivity contribution < 1.29 is 18.0 Å². The van der Waals surface area contributed by atoms with E-state index in [2.05, 4.69) is 10.6 Å². The molecule has 0 aliphatic heterocycles. The second-order valence-corrected chi connectivity index (χ2v) is 8.86. The Morgan fingerprint density at radius 2 is 1.52 bits per heavy atom. The van der Waals surface area contributed by atoms with E-state index in [1.54, 1.807) is 6.07 Å². The molecule has 0 saturated carbocycles. The summed E-state index contributed by atoms with van der Waals surface area (Å²) in [7, 11) is -3.62. The van der Waals surface area contributed by atoms with E-state index in [0.717, 1.165) is 0 Å². The van der Waals surface area contributed by atoms with Gasteiger partial charge < -0.3 is 10.6 Å². The van der Waals surface area contributed by atoms with Gasteiger partial charge in [0.15, 0.2) is 9.84 Å². The Kier molecular flexibility index (Phi) is 7.49. The molecular weight excluding hydrogens is 435 g/mol. The van der Waals surface area contributed by atoms with Crippen LogP contribution in [0.5, 0.6) is 0 Å². The lowest BCUT2D eigenvalue weighted by atomic mass is 10.3. The fourth-order valence-electron chi connectivity index (χ4n) is 2.04. The largest absolute Gasteiger partial charge is 0.347 e. The van der Waals surface area contributed by atoms with Crippen LogP contribution < -0.4 is 10.6 Å². The van der Waals surface area contributed by atoms with Crippen molar-refractivity contribution in [3.8, 4) is 0 Å². The maximum atomic E-state index is 12.2. The van der Waals surface area contributed by atoms with E-state index >= 15 is 0 Å². The average Bonchev–Trinajstić information content (AvgIpc) is 2.62. The SMILES string of the molecule is O=C(CCS(=O)(=O)c1ccc(Cl)cc1)NCC(=O)Nc1cc(Cl)ccc1Cl. The van der Waals surface area contributed by atoms with Crippen molar-refractivity contribution in [2.75, 3.05) is 17.6 Å². The van der Waals surface area contributed by atoms with Gasteiger partial charge in [-0.25, -0.2) is 8.42 Å². The van der Waals surface area contributed by atoms with Crippen LogP contribution in [0.1, 0.15) is 6.42 Å². The summed E-state index contributed by atoms with van der Waals surface area (Å²) in [5, 5.41) is 5.97. The molecule has 0 aliphatic rings. The van der Waals surface area contributed by atoms with Gasteiger partial charge in [-0.15, -0.1) is 0 Å². The number of anilines is 1. The van der Waals surface area contributed by atoms with Gasteiger partial charge in [0, 0.05) is 16.5 Å². The summed E-state index contributed by atoms with van der Waals surface area (Å²) in [6, 6.07) is 10.2. The van der Waals surface area contributed by atoms with E-state index in [4.69, 9.17) is 34.8 Å². The number of hydrogen-bond acceptors (Lipinski definition) is 4. The molecule has 0 aliphatic carbocycles. The summed E-state index contributed by atoms with van der Waals surface area (Å²) in [6.07, 6.45) is -0.282. The van der Waals surface area contributed by atoms with Gasteiger partial charge in [0.25, 0.3) is 0 Å². The Labute approximate surface area is 171 Å². The van der Waals surface area contributed by atoms with Crippen LogP contribution >= 0.6 is 34.8 Å². The highest BCUT2D eigenvalue weighted by Gasteiger charge is 2.17. The van der Waals surface area contributed by atoms with Crippen LogP contribution in [-0.2, 0) is 19.4 Å². The van der Waals surface area contributed by atoms with Gasteiger partial charge in [0.1, 0.15) is 0 Å². The van der Waals surface area contributed by atoms with E-state index in [9.17, 15) is 18.0 Å². The molecule has 0 spiro atoms. The second-order valence-electron chi connectivity index (χ2n) is 5.47. The number of amides is 2. The summed E-state index contributed by atoms with van der Waals surface area (Å²) < 4.78 is 24.3. The van der Waals surface area contributed by atoms with Crippen molar-refractivity contribution in [1.82, 2.24) is 5.32 Å². The van der Waals surface area contributed by atoms with Crippen LogP contribution in [0, 0.1) is 0 Å². The molecule has 0 unspecified atom stereocenters. The Hall–Kier alpha value is -1.80. The summed E-state index contributed by atoms with van der Waals surface area (Å²) >= 11 is 17.5. The minimum atomic E-state index is -3.62. The summed E-state index contributed by atoms with van der Waals surface area (Å²) in [6.45, 7) is -0.331. The van der Waals surface area contributed by atoms with Gasteiger partial charge >= 0.3 is 0 Å². The lowest BCUT2D eigenvalue weighted by Crippen LogP contribution is -2.33. The number of carbonyl (C=O) groups excluding carboxylic acids is 2. The van der Waals surface area contributed by atoms with Crippen LogP contribution in [0.4, 0.5) is 5.69 Å². The summed E-state index contributed by atoms with van der Waals surface area (Å²) in [4.78, 5) is 23.8. The van der Waals surface area contributed by atoms with E-state index in [1.165, 1.54) is 36.4 Å². The standard InChI is InChI=1S/C17H15Cl3N2O4S/c18-11-1-4-13(5-2-11)27(25,26)8-7-16(23)21-10-17(24)22-15-9-12(19)3-6-14(15)20/h1-6,9H,7-8,10H2,(H,21,23)(H,22,24). The predicted octanol–water partition coefficient (Wildman–Crippen LogP) is 3.57. The molecule has 2 rings (SSSR count). The monoisotopic (exact) mass is 448 g/mol. The van der Waals surface area contributed by atoms with Crippen LogP contribution in [0.2, 0.25) is 15.1 Å². The molecule has 0 fully saturated rings. The van der Waals surface area contributed by atoms with Gasteiger partial charge in [-0.3, -0.25) is 9.59 Å². The topological polar surface area (TPSA) is 92.3 Å². The molecule has 0 atom stereocenters. The summed E-state index contributed by atoms with van der Waals surface area (Å²) in [5.41, 5.74) is 0.314. The van der Waals surface area contributed by atoms with Gasteiger partial charge in [-0.1, -0.05) is 34.8 Å². The molecule has 0 radical (unpaired) electrons. The van der Waals surface area contributed by atoms with Crippen molar-refractivity contribution >= 4 is 62.1 Å². The Balaban J connectivity index is 1.82. The minimum absolute atomic E-state index is 0.0769. The zero-order chi connectivity index (χ0) is 20.0. The lowest BCUT2D eigenvalue weighted by molar-refractivity contribution is -0.123. The Morgan fingerprint density at radius 1 is 0.889 bits per heavy atom. The zero-order valence-corrected chi connectivity index (χ0v) is 16.9. The number of halogens is 3. The predicted molar refractivity (Wildman–Crippen MR) is 106 cm³/mol. The normalized spacial score (nSPS) is 11.1. The van der Waals surface area contributed by atoms with Crippen LogP contribution in [0.15, 0.2) is 47.4 Å². The molecule has 0 aromatic heterocycles. The highest BCUT2D eigenvalue weighted by atomic mass is 35.5. The minimum Gasteiger partial charge on any atom is -0.347 e. The van der Waals surface area contributed by atoms with Crippen LogP contribution in [0.25, 0.3) is 0 Å². The van der Waals surface area contributed by atoms with E-state index < -0.39 is 21.7 Å². The van der Waals surface area contributed by atoms with Crippen molar-refractivity contribution in [3.05, 3.63) is 57.5 Å². The molecule has 0 saturated heterocycles. The second kappa shape index (κ2) is 9.41. The van der Waals surface area contributed by atoms with Gasteiger partial charge in [-0.2, -0.15) is 0 Å². The van der Waals surface area contributed by atoms with Crippen LogP contribution in [-0.4, -0.2) is 32.5 Å². The molecule has 2 aromatic rings. The molecule has 2 N–H and O–H groups in total. The number of carbonyl (C=O) groups is 2. The van der Waals surface area contributed by atoms with E-state index in [0.29, 0.717) is 20.8 Å². The molecule has 0 heterocycles. The van der Waals surface area contributed by atoms with Crippen molar-refractivity contribution in [2.45, 2.75) is 11.3 Å². The third kappa shape index (κ3) is 6.70. The Morgan fingerprint density at radius 3 is 2.19 bits per heavy atom. The first-order chi connectivity index (χ1) is 12.7. The molecule has 2 amide bonds. The van der Waals surface area contributed by atoms with Gasteiger partial charge in [-0.05, 0) is 42.5 Å². The average molecular weight is 450 g/mol. The quantitative estimate of drug-likeness (QED) is 0.676. The van der Waals surface area contributed by atoms with Gasteiger partial charge in [0.2, 0.25) is 11.8 Å². The molecule has 27 heavy (non-hydrogen) atoms. The fourth-order valence-corrected chi connectivity index (χ4v) is 3.75. The smallest absolute Gasteiger partial charge is 0.243 e. The first-order valence-electron chi connectivity index (χ1n) is 7.67. The maximum absolute atomic E-state index is 12.2. The highest BCUT2D eigenvalue weighted by molar-refractivity contribution is 7.91. The van der Waals surface area contributed by atoms with Crippen LogP contribution in [0.3, 0.4) is 0 Å². The first-order valence-corrected chi connectivity index (χ1v) is 10.5. The van der Waals surface area contributed by atoms with E-state index in [-0.39, 0.29) is 23.6 Å². The molecule has 10 heteroatoms. The fraction of sp³-hybridized carbons (Fsp3) is 0.176. The Bertz CT molecular complexity index is 947. The molecule has 0 bridgehead atoms. The van der Waals surface area contributed by atoms with Crippen molar-refractivity contribution in [2.24, 2.45) is 0 Å². The molecule has 2 aromatic carbocycles. The number of rotatable bonds is 7. The van der Waals surface area contributed by atoms with Gasteiger partial charge in [0.05, 0.1) is 27.9 Å². The molecule has 144 valence electrons. The maximum Gasteiger partial charge on any atom is 0.243 e. The first kappa shape index (κ1) is 21.5. The lowest BCUT2D eigenvalue weighted by Gasteiger charge is -2.09.